The molecule has 104 valence electrons. The van der Waals surface area contributed by atoms with Crippen LogP contribution in [0.1, 0.15) is 19.5 Å². The molecule has 0 amide bonds. The van der Waals surface area contributed by atoms with Crippen LogP contribution in [0.2, 0.25) is 0 Å². The molecular formula is C15H23N3O. The molecule has 1 aromatic rings. The highest BCUT2D eigenvalue weighted by atomic mass is 16.5. The quantitative estimate of drug-likeness (QED) is 0.825. The molecule has 0 radical (unpaired) electrons. The molecule has 19 heavy (non-hydrogen) atoms. The Morgan fingerprint density at radius 1 is 1.21 bits per heavy atom. The topological polar surface area (TPSA) is 28.6 Å². The van der Waals surface area contributed by atoms with Crippen LogP contribution >= 0.6 is 0 Å². The number of piperazine rings is 1. The van der Waals surface area contributed by atoms with Crippen molar-refractivity contribution in [1.82, 2.24) is 9.88 Å². The van der Waals surface area contributed by atoms with E-state index in [0.717, 1.165) is 45.8 Å². The second kappa shape index (κ2) is 5.10. The summed E-state index contributed by atoms with van der Waals surface area (Å²) in [5.74, 6) is 0. The SMILES string of the molecule is CCc1ccc(N2CCN(C3(C)COC3)CC2)cn1. The van der Waals surface area contributed by atoms with Crippen molar-refractivity contribution in [3.05, 3.63) is 24.0 Å². The zero-order valence-corrected chi connectivity index (χ0v) is 11.9. The lowest BCUT2D eigenvalue weighted by Gasteiger charge is -2.50. The number of ether oxygens (including phenoxy) is 1. The summed E-state index contributed by atoms with van der Waals surface area (Å²) in [7, 11) is 0. The van der Waals surface area contributed by atoms with E-state index in [0.29, 0.717) is 0 Å². The number of anilines is 1. The summed E-state index contributed by atoms with van der Waals surface area (Å²) in [6, 6.07) is 4.35. The first-order valence-corrected chi connectivity index (χ1v) is 7.24. The van der Waals surface area contributed by atoms with Crippen molar-refractivity contribution in [3.8, 4) is 0 Å². The molecule has 2 saturated heterocycles. The third-order valence-corrected chi connectivity index (χ3v) is 4.41. The predicted octanol–water partition coefficient (Wildman–Crippen LogP) is 1.55. The van der Waals surface area contributed by atoms with Crippen molar-refractivity contribution in [2.75, 3.05) is 44.3 Å². The molecule has 1 aromatic heterocycles. The third kappa shape index (κ3) is 2.47. The molecule has 0 saturated carbocycles. The van der Waals surface area contributed by atoms with E-state index in [1.807, 2.05) is 6.20 Å². The van der Waals surface area contributed by atoms with Gasteiger partial charge in [-0.2, -0.15) is 0 Å². The standard InChI is InChI=1S/C15H23N3O/c1-3-13-4-5-14(10-16-13)17-6-8-18(9-7-17)15(2)11-19-12-15/h4-5,10H,3,6-9,11-12H2,1-2H3. The second-order valence-electron chi connectivity index (χ2n) is 5.83. The Morgan fingerprint density at radius 3 is 2.42 bits per heavy atom. The van der Waals surface area contributed by atoms with Gasteiger partial charge in [0.15, 0.2) is 0 Å². The maximum absolute atomic E-state index is 5.36. The van der Waals surface area contributed by atoms with Crippen LogP contribution in [0.15, 0.2) is 18.3 Å². The van der Waals surface area contributed by atoms with Gasteiger partial charge in [-0.15, -0.1) is 0 Å². The van der Waals surface area contributed by atoms with E-state index < -0.39 is 0 Å². The van der Waals surface area contributed by atoms with Crippen molar-refractivity contribution in [2.24, 2.45) is 0 Å². The van der Waals surface area contributed by atoms with Gasteiger partial charge in [0.05, 0.1) is 30.6 Å². The number of hydrogen-bond acceptors (Lipinski definition) is 4. The summed E-state index contributed by atoms with van der Waals surface area (Å²) in [6.45, 7) is 10.6. The van der Waals surface area contributed by atoms with Crippen LogP contribution < -0.4 is 4.90 Å². The van der Waals surface area contributed by atoms with E-state index in [1.54, 1.807) is 0 Å². The minimum Gasteiger partial charge on any atom is -0.377 e. The lowest BCUT2D eigenvalue weighted by Crippen LogP contribution is -2.64. The van der Waals surface area contributed by atoms with Crippen LogP contribution in [0.5, 0.6) is 0 Å². The molecule has 4 nitrogen and oxygen atoms in total. The van der Waals surface area contributed by atoms with Crippen molar-refractivity contribution in [1.29, 1.82) is 0 Å². The Hall–Kier alpha value is -1.13. The van der Waals surface area contributed by atoms with E-state index in [1.165, 1.54) is 11.4 Å². The molecule has 0 atom stereocenters. The molecule has 0 bridgehead atoms. The highest BCUT2D eigenvalue weighted by Crippen LogP contribution is 2.26. The molecule has 0 aromatic carbocycles. The fourth-order valence-electron chi connectivity index (χ4n) is 2.90. The number of nitrogens with zero attached hydrogens (tertiary/aromatic N) is 3. The molecule has 3 heterocycles. The molecule has 2 aliphatic heterocycles. The lowest BCUT2D eigenvalue weighted by atomic mass is 9.97. The zero-order valence-electron chi connectivity index (χ0n) is 11.9. The lowest BCUT2D eigenvalue weighted by molar-refractivity contribution is -0.131. The second-order valence-corrected chi connectivity index (χ2v) is 5.83. The van der Waals surface area contributed by atoms with E-state index in [-0.39, 0.29) is 5.54 Å². The Labute approximate surface area is 115 Å². The van der Waals surface area contributed by atoms with E-state index in [2.05, 4.69) is 40.8 Å². The van der Waals surface area contributed by atoms with Gasteiger partial charge in [0.1, 0.15) is 0 Å². The normalized spacial score (nSPS) is 23.2. The fraction of sp³-hybridized carbons (Fsp3) is 0.667. The highest BCUT2D eigenvalue weighted by Gasteiger charge is 2.40. The average molecular weight is 261 g/mol. The van der Waals surface area contributed by atoms with Crippen LogP contribution in [0.4, 0.5) is 5.69 Å². The molecule has 0 aliphatic carbocycles. The van der Waals surface area contributed by atoms with Crippen LogP contribution in [-0.2, 0) is 11.2 Å². The maximum Gasteiger partial charge on any atom is 0.0671 e. The zero-order chi connectivity index (χ0) is 13.3. The summed E-state index contributed by atoms with van der Waals surface area (Å²) >= 11 is 0. The molecule has 2 aliphatic rings. The smallest absolute Gasteiger partial charge is 0.0671 e. The van der Waals surface area contributed by atoms with Gasteiger partial charge in [-0.1, -0.05) is 6.92 Å². The van der Waals surface area contributed by atoms with Crippen LogP contribution in [0.25, 0.3) is 0 Å². The first-order valence-electron chi connectivity index (χ1n) is 7.24. The fourth-order valence-corrected chi connectivity index (χ4v) is 2.90. The molecule has 2 fully saturated rings. The Kier molecular flexibility index (Phi) is 3.46. The minimum atomic E-state index is 0.288. The number of pyridine rings is 1. The van der Waals surface area contributed by atoms with E-state index in [9.17, 15) is 0 Å². The Bertz CT molecular complexity index is 420. The highest BCUT2D eigenvalue weighted by molar-refractivity contribution is 5.45. The number of hydrogen-bond donors (Lipinski definition) is 0. The summed E-state index contributed by atoms with van der Waals surface area (Å²) in [6.07, 6.45) is 3.02. The Balaban J connectivity index is 1.60. The molecule has 3 rings (SSSR count). The molecule has 0 unspecified atom stereocenters. The minimum absolute atomic E-state index is 0.288. The summed E-state index contributed by atoms with van der Waals surface area (Å²) in [5.41, 5.74) is 2.71. The first kappa shape index (κ1) is 12.9. The average Bonchev–Trinajstić information content (AvgIpc) is 2.45. The van der Waals surface area contributed by atoms with Gasteiger partial charge in [0.2, 0.25) is 0 Å². The van der Waals surface area contributed by atoms with Gasteiger partial charge in [-0.25, -0.2) is 0 Å². The van der Waals surface area contributed by atoms with Crippen molar-refractivity contribution in [2.45, 2.75) is 25.8 Å². The van der Waals surface area contributed by atoms with Crippen molar-refractivity contribution in [3.63, 3.8) is 0 Å². The summed E-state index contributed by atoms with van der Waals surface area (Å²) in [5, 5.41) is 0. The van der Waals surface area contributed by atoms with Crippen LogP contribution in [-0.4, -0.2) is 54.8 Å². The number of aryl methyl sites for hydroxylation is 1. The first-order chi connectivity index (χ1) is 9.21. The maximum atomic E-state index is 5.36. The van der Waals surface area contributed by atoms with Crippen molar-refractivity contribution < 1.29 is 4.74 Å². The van der Waals surface area contributed by atoms with Crippen LogP contribution in [0, 0.1) is 0 Å². The largest absolute Gasteiger partial charge is 0.377 e. The van der Waals surface area contributed by atoms with Crippen LogP contribution in [0.3, 0.4) is 0 Å². The summed E-state index contributed by atoms with van der Waals surface area (Å²) < 4.78 is 5.36. The van der Waals surface area contributed by atoms with Gasteiger partial charge in [-0.3, -0.25) is 9.88 Å². The molecular weight excluding hydrogens is 238 g/mol. The van der Waals surface area contributed by atoms with Gasteiger partial charge in [0, 0.05) is 31.9 Å². The van der Waals surface area contributed by atoms with E-state index in [4.69, 9.17) is 4.74 Å². The predicted molar refractivity (Wildman–Crippen MR) is 76.6 cm³/mol. The van der Waals surface area contributed by atoms with Gasteiger partial charge < -0.3 is 9.64 Å². The van der Waals surface area contributed by atoms with Gasteiger partial charge in [0.25, 0.3) is 0 Å². The van der Waals surface area contributed by atoms with Gasteiger partial charge >= 0.3 is 0 Å². The number of aromatic nitrogens is 1. The Morgan fingerprint density at radius 2 is 1.95 bits per heavy atom. The molecule has 0 N–H and O–H groups in total. The molecule has 0 spiro atoms. The number of rotatable bonds is 3. The van der Waals surface area contributed by atoms with E-state index >= 15 is 0 Å². The summed E-state index contributed by atoms with van der Waals surface area (Å²) in [4.78, 5) is 9.50. The van der Waals surface area contributed by atoms with Crippen molar-refractivity contribution >= 4 is 5.69 Å². The monoisotopic (exact) mass is 261 g/mol. The third-order valence-electron chi connectivity index (χ3n) is 4.41. The molecule has 4 heteroatoms. The van der Waals surface area contributed by atoms with Gasteiger partial charge in [-0.05, 0) is 25.5 Å².